The molecule has 0 aromatic rings. The van der Waals surface area contributed by atoms with Gasteiger partial charge in [-0.2, -0.15) is 0 Å². The molecule has 0 spiro atoms. The molecule has 1 saturated heterocycles. The van der Waals surface area contributed by atoms with Gasteiger partial charge in [0.1, 0.15) is 5.60 Å². The predicted octanol–water partition coefficient (Wildman–Crippen LogP) is 3.37. The summed E-state index contributed by atoms with van der Waals surface area (Å²) in [7, 11) is 0. The zero-order chi connectivity index (χ0) is 16.0. The standard InChI is InChI=1S/C16H29NO4/c1-6-8-13-11-12(14(18)20-7-2)9-10-17(13)15(19)21-16(3,4)5/h12-13H,6-11H2,1-5H3. The molecule has 2 unspecified atom stereocenters. The van der Waals surface area contributed by atoms with Gasteiger partial charge in [-0.25, -0.2) is 4.79 Å². The Hall–Kier alpha value is -1.26. The molecular formula is C16H29NO4. The predicted molar refractivity (Wildman–Crippen MR) is 81.0 cm³/mol. The smallest absolute Gasteiger partial charge is 0.410 e. The number of nitrogens with zero attached hydrogens (tertiary/aromatic N) is 1. The fourth-order valence-corrected chi connectivity index (χ4v) is 2.69. The van der Waals surface area contributed by atoms with E-state index in [0.717, 1.165) is 12.8 Å². The Morgan fingerprint density at radius 2 is 1.90 bits per heavy atom. The molecule has 0 saturated carbocycles. The van der Waals surface area contributed by atoms with E-state index >= 15 is 0 Å². The van der Waals surface area contributed by atoms with Crippen LogP contribution in [-0.4, -0.2) is 41.8 Å². The second kappa shape index (κ2) is 7.66. The van der Waals surface area contributed by atoms with Crippen LogP contribution in [0.4, 0.5) is 4.79 Å². The van der Waals surface area contributed by atoms with Crippen LogP contribution in [0.2, 0.25) is 0 Å². The van der Waals surface area contributed by atoms with E-state index in [1.54, 1.807) is 4.90 Å². The summed E-state index contributed by atoms with van der Waals surface area (Å²) in [6, 6.07) is 0.0630. The van der Waals surface area contributed by atoms with Gasteiger partial charge in [0.25, 0.3) is 0 Å². The van der Waals surface area contributed by atoms with Crippen molar-refractivity contribution in [1.29, 1.82) is 0 Å². The fourth-order valence-electron chi connectivity index (χ4n) is 2.69. The van der Waals surface area contributed by atoms with Gasteiger partial charge in [-0.05, 0) is 47.0 Å². The highest BCUT2D eigenvalue weighted by Gasteiger charge is 2.36. The van der Waals surface area contributed by atoms with Crippen molar-refractivity contribution in [2.75, 3.05) is 13.2 Å². The molecule has 2 atom stereocenters. The molecule has 122 valence electrons. The topological polar surface area (TPSA) is 55.8 Å². The van der Waals surface area contributed by atoms with Crippen molar-refractivity contribution < 1.29 is 19.1 Å². The normalized spacial score (nSPS) is 22.8. The number of amides is 1. The number of ether oxygens (including phenoxy) is 2. The lowest BCUT2D eigenvalue weighted by Gasteiger charge is -2.39. The van der Waals surface area contributed by atoms with E-state index in [1.165, 1.54) is 0 Å². The molecule has 0 radical (unpaired) electrons. The van der Waals surface area contributed by atoms with Crippen molar-refractivity contribution in [1.82, 2.24) is 4.90 Å². The molecule has 0 aliphatic carbocycles. The zero-order valence-corrected chi connectivity index (χ0v) is 14.0. The van der Waals surface area contributed by atoms with Crippen molar-refractivity contribution in [2.45, 2.75) is 71.9 Å². The van der Waals surface area contributed by atoms with Crippen molar-refractivity contribution in [2.24, 2.45) is 5.92 Å². The summed E-state index contributed by atoms with van der Waals surface area (Å²) in [6.07, 6.45) is 2.90. The minimum atomic E-state index is -0.494. The van der Waals surface area contributed by atoms with E-state index in [0.29, 0.717) is 26.0 Å². The lowest BCUT2D eigenvalue weighted by Crippen LogP contribution is -2.49. The molecule has 5 heteroatoms. The fraction of sp³-hybridized carbons (Fsp3) is 0.875. The maximum atomic E-state index is 12.3. The monoisotopic (exact) mass is 299 g/mol. The maximum absolute atomic E-state index is 12.3. The minimum Gasteiger partial charge on any atom is -0.466 e. The highest BCUT2D eigenvalue weighted by molar-refractivity contribution is 5.74. The number of rotatable bonds is 4. The van der Waals surface area contributed by atoms with Gasteiger partial charge in [0.15, 0.2) is 0 Å². The molecule has 1 rings (SSSR count). The summed E-state index contributed by atoms with van der Waals surface area (Å²) in [5.74, 6) is -0.234. The first kappa shape index (κ1) is 17.8. The van der Waals surface area contributed by atoms with Crippen molar-refractivity contribution in [3.8, 4) is 0 Å². The van der Waals surface area contributed by atoms with Crippen molar-refractivity contribution >= 4 is 12.1 Å². The zero-order valence-electron chi connectivity index (χ0n) is 14.0. The third kappa shape index (κ3) is 5.56. The molecule has 1 aliphatic heterocycles. The van der Waals surface area contributed by atoms with Crippen molar-refractivity contribution in [3.05, 3.63) is 0 Å². The van der Waals surface area contributed by atoms with Crippen LogP contribution in [0.1, 0.15) is 60.3 Å². The first-order valence-corrected chi connectivity index (χ1v) is 7.94. The van der Waals surface area contributed by atoms with E-state index in [4.69, 9.17) is 9.47 Å². The summed E-state index contributed by atoms with van der Waals surface area (Å²) in [5, 5.41) is 0. The number of hydrogen-bond acceptors (Lipinski definition) is 4. The third-order valence-corrected chi connectivity index (χ3v) is 3.59. The van der Waals surface area contributed by atoms with Crippen LogP contribution in [0.15, 0.2) is 0 Å². The Bertz CT molecular complexity index is 362. The molecule has 0 N–H and O–H groups in total. The Morgan fingerprint density at radius 1 is 1.24 bits per heavy atom. The summed E-state index contributed by atoms with van der Waals surface area (Å²) >= 11 is 0. The molecule has 0 bridgehead atoms. The molecule has 0 aromatic heterocycles. The highest BCUT2D eigenvalue weighted by Crippen LogP contribution is 2.28. The molecule has 1 aliphatic rings. The number of carbonyl (C=O) groups is 2. The summed E-state index contributed by atoms with van der Waals surface area (Å²) in [6.45, 7) is 10.5. The van der Waals surface area contributed by atoms with Crippen LogP contribution >= 0.6 is 0 Å². The number of hydrogen-bond donors (Lipinski definition) is 0. The maximum Gasteiger partial charge on any atom is 0.410 e. The summed E-state index contributed by atoms with van der Waals surface area (Å²) in [5.41, 5.74) is -0.494. The molecular weight excluding hydrogens is 270 g/mol. The summed E-state index contributed by atoms with van der Waals surface area (Å²) in [4.78, 5) is 26.0. The van der Waals surface area contributed by atoms with E-state index in [-0.39, 0.29) is 24.0 Å². The van der Waals surface area contributed by atoms with Gasteiger partial charge < -0.3 is 14.4 Å². The first-order chi connectivity index (χ1) is 9.78. The van der Waals surface area contributed by atoms with Crippen LogP contribution in [0.5, 0.6) is 0 Å². The molecule has 0 aromatic carbocycles. The largest absolute Gasteiger partial charge is 0.466 e. The molecule has 5 nitrogen and oxygen atoms in total. The average Bonchev–Trinajstić information content (AvgIpc) is 2.37. The van der Waals surface area contributed by atoms with E-state index < -0.39 is 5.60 Å². The van der Waals surface area contributed by atoms with Crippen molar-refractivity contribution in [3.63, 3.8) is 0 Å². The molecule has 21 heavy (non-hydrogen) atoms. The van der Waals surface area contributed by atoms with E-state index in [2.05, 4.69) is 6.92 Å². The minimum absolute atomic E-state index is 0.0630. The average molecular weight is 299 g/mol. The Kier molecular flexibility index (Phi) is 6.49. The lowest BCUT2D eigenvalue weighted by molar-refractivity contribution is -0.150. The highest BCUT2D eigenvalue weighted by atomic mass is 16.6. The van der Waals surface area contributed by atoms with Gasteiger partial charge in [-0.15, -0.1) is 0 Å². The second-order valence-electron chi connectivity index (χ2n) is 6.59. The quantitative estimate of drug-likeness (QED) is 0.747. The Morgan fingerprint density at radius 3 is 2.43 bits per heavy atom. The van der Waals surface area contributed by atoms with Gasteiger partial charge >= 0.3 is 12.1 Å². The first-order valence-electron chi connectivity index (χ1n) is 7.94. The molecule has 1 amide bonds. The van der Waals surface area contributed by atoms with Crippen LogP contribution < -0.4 is 0 Å². The Labute approximate surface area is 128 Å². The van der Waals surface area contributed by atoms with Gasteiger partial charge in [0, 0.05) is 12.6 Å². The van der Waals surface area contributed by atoms with Gasteiger partial charge in [-0.1, -0.05) is 13.3 Å². The summed E-state index contributed by atoms with van der Waals surface area (Å²) < 4.78 is 10.6. The number of carbonyl (C=O) groups excluding carboxylic acids is 2. The van der Waals surface area contributed by atoms with Crippen LogP contribution in [0, 0.1) is 5.92 Å². The molecule has 1 heterocycles. The number of esters is 1. The van der Waals surface area contributed by atoms with Gasteiger partial charge in [0.05, 0.1) is 12.5 Å². The van der Waals surface area contributed by atoms with E-state index in [9.17, 15) is 9.59 Å². The third-order valence-electron chi connectivity index (χ3n) is 3.59. The van der Waals surface area contributed by atoms with Crippen LogP contribution in [-0.2, 0) is 14.3 Å². The van der Waals surface area contributed by atoms with Gasteiger partial charge in [-0.3, -0.25) is 4.79 Å². The number of likely N-dealkylation sites (tertiary alicyclic amines) is 1. The second-order valence-corrected chi connectivity index (χ2v) is 6.59. The lowest BCUT2D eigenvalue weighted by atomic mass is 9.89. The van der Waals surface area contributed by atoms with Gasteiger partial charge in [0.2, 0.25) is 0 Å². The van der Waals surface area contributed by atoms with E-state index in [1.807, 2.05) is 27.7 Å². The molecule has 1 fully saturated rings. The SMILES string of the molecule is CCCC1CC(C(=O)OCC)CCN1C(=O)OC(C)(C)C. The number of piperidine rings is 1. The van der Waals surface area contributed by atoms with Crippen LogP contribution in [0.25, 0.3) is 0 Å². The Balaban J connectivity index is 2.70. The van der Waals surface area contributed by atoms with Crippen LogP contribution in [0.3, 0.4) is 0 Å².